The zero-order chi connectivity index (χ0) is 15.4. The van der Waals surface area contributed by atoms with Gasteiger partial charge in [0.2, 0.25) is 0 Å². The monoisotopic (exact) mass is 369 g/mol. The number of methoxy groups -OCH3 is 2. The normalized spacial score (nSPS) is 10.1. The third-order valence-electron chi connectivity index (χ3n) is 2.84. The van der Waals surface area contributed by atoms with Gasteiger partial charge in [-0.05, 0) is 46.3 Å². The van der Waals surface area contributed by atoms with Crippen LogP contribution in [0.2, 0.25) is 5.02 Å². The van der Waals surface area contributed by atoms with E-state index in [0.29, 0.717) is 32.2 Å². The summed E-state index contributed by atoms with van der Waals surface area (Å²) in [6.07, 6.45) is 0. The minimum Gasteiger partial charge on any atom is -0.497 e. The van der Waals surface area contributed by atoms with Gasteiger partial charge in [0.1, 0.15) is 11.5 Å². The highest BCUT2D eigenvalue weighted by Gasteiger charge is 2.12. The van der Waals surface area contributed by atoms with Crippen LogP contribution in [-0.2, 0) is 0 Å². The minimum absolute atomic E-state index is 0.265. The van der Waals surface area contributed by atoms with E-state index >= 15 is 0 Å². The highest BCUT2D eigenvalue weighted by molar-refractivity contribution is 9.10. The summed E-state index contributed by atoms with van der Waals surface area (Å²) in [5.41, 5.74) is 1.02. The fourth-order valence-corrected chi connectivity index (χ4v) is 2.24. The number of rotatable bonds is 4. The Kier molecular flexibility index (Phi) is 5.09. The summed E-state index contributed by atoms with van der Waals surface area (Å²) in [6, 6.07) is 10.1. The summed E-state index contributed by atoms with van der Waals surface area (Å²) in [5, 5.41) is 3.34. The molecule has 0 saturated carbocycles. The molecule has 2 rings (SSSR count). The van der Waals surface area contributed by atoms with Crippen molar-refractivity contribution in [2.45, 2.75) is 0 Å². The first-order chi connectivity index (χ1) is 10.0. The standard InChI is InChI=1S/C15H13BrClNO3/c1-20-10-4-6-14(21-2)13(8-10)18-15(19)9-3-5-12(17)11(16)7-9/h3-8H,1-2H3,(H,18,19). The van der Waals surface area contributed by atoms with Crippen molar-refractivity contribution in [3.63, 3.8) is 0 Å². The van der Waals surface area contributed by atoms with E-state index in [1.54, 1.807) is 43.5 Å². The molecule has 2 aromatic rings. The molecule has 21 heavy (non-hydrogen) atoms. The number of halogens is 2. The molecule has 0 atom stereocenters. The van der Waals surface area contributed by atoms with Crippen LogP contribution in [0.3, 0.4) is 0 Å². The fraction of sp³-hybridized carbons (Fsp3) is 0.133. The SMILES string of the molecule is COc1ccc(OC)c(NC(=O)c2ccc(Cl)c(Br)c2)c1. The van der Waals surface area contributed by atoms with E-state index in [-0.39, 0.29) is 5.91 Å². The van der Waals surface area contributed by atoms with E-state index in [1.165, 1.54) is 7.11 Å². The Labute approximate surface area is 136 Å². The van der Waals surface area contributed by atoms with E-state index in [0.717, 1.165) is 0 Å². The quantitative estimate of drug-likeness (QED) is 0.869. The third-order valence-corrected chi connectivity index (χ3v) is 4.05. The van der Waals surface area contributed by atoms with Gasteiger partial charge >= 0.3 is 0 Å². The Morgan fingerprint density at radius 3 is 2.52 bits per heavy atom. The van der Waals surface area contributed by atoms with Crippen LogP contribution in [-0.4, -0.2) is 20.1 Å². The molecule has 0 aromatic heterocycles. The highest BCUT2D eigenvalue weighted by Crippen LogP contribution is 2.30. The van der Waals surface area contributed by atoms with E-state index in [4.69, 9.17) is 21.1 Å². The third kappa shape index (κ3) is 3.68. The number of benzene rings is 2. The van der Waals surface area contributed by atoms with Gasteiger partial charge < -0.3 is 14.8 Å². The van der Waals surface area contributed by atoms with Crippen molar-refractivity contribution < 1.29 is 14.3 Å². The zero-order valence-electron chi connectivity index (χ0n) is 11.4. The van der Waals surface area contributed by atoms with Crippen molar-refractivity contribution in [2.24, 2.45) is 0 Å². The molecule has 0 aliphatic carbocycles. The molecule has 4 nitrogen and oxygen atoms in total. The summed E-state index contributed by atoms with van der Waals surface area (Å²) in [7, 11) is 3.10. The molecular weight excluding hydrogens is 358 g/mol. The predicted molar refractivity (Wildman–Crippen MR) is 86.7 cm³/mol. The first-order valence-electron chi connectivity index (χ1n) is 6.03. The van der Waals surface area contributed by atoms with Crippen LogP contribution in [0.15, 0.2) is 40.9 Å². The van der Waals surface area contributed by atoms with Gasteiger partial charge in [0.25, 0.3) is 5.91 Å². The molecule has 0 aliphatic heterocycles. The second kappa shape index (κ2) is 6.83. The second-order valence-corrected chi connectivity index (χ2v) is 5.41. The Morgan fingerprint density at radius 2 is 1.90 bits per heavy atom. The summed E-state index contributed by atoms with van der Waals surface area (Å²) in [5.74, 6) is 0.916. The number of carbonyl (C=O) groups excluding carboxylic acids is 1. The van der Waals surface area contributed by atoms with Crippen molar-refractivity contribution in [1.82, 2.24) is 0 Å². The van der Waals surface area contributed by atoms with Crippen LogP contribution in [0.1, 0.15) is 10.4 Å². The van der Waals surface area contributed by atoms with Gasteiger partial charge in [-0.1, -0.05) is 11.6 Å². The molecule has 1 N–H and O–H groups in total. The molecule has 0 aliphatic rings. The van der Waals surface area contributed by atoms with Gasteiger partial charge in [-0.3, -0.25) is 4.79 Å². The number of nitrogens with one attached hydrogen (secondary N) is 1. The average molecular weight is 371 g/mol. The summed E-state index contributed by atoms with van der Waals surface area (Å²) in [4.78, 5) is 12.3. The molecular formula is C15H13BrClNO3. The molecule has 0 saturated heterocycles. The van der Waals surface area contributed by atoms with Crippen LogP contribution in [0, 0.1) is 0 Å². The summed E-state index contributed by atoms with van der Waals surface area (Å²) in [6.45, 7) is 0. The number of hydrogen-bond donors (Lipinski definition) is 1. The molecule has 6 heteroatoms. The molecule has 0 spiro atoms. The fourth-order valence-electron chi connectivity index (χ4n) is 1.74. The second-order valence-electron chi connectivity index (χ2n) is 4.15. The van der Waals surface area contributed by atoms with Gasteiger partial charge in [0.15, 0.2) is 0 Å². The average Bonchev–Trinajstić information content (AvgIpc) is 2.49. The van der Waals surface area contributed by atoms with Gasteiger partial charge in [-0.2, -0.15) is 0 Å². The molecule has 0 fully saturated rings. The zero-order valence-corrected chi connectivity index (χ0v) is 13.8. The number of amides is 1. The van der Waals surface area contributed by atoms with E-state index in [2.05, 4.69) is 21.2 Å². The van der Waals surface area contributed by atoms with E-state index < -0.39 is 0 Å². The van der Waals surface area contributed by atoms with Crippen LogP contribution in [0.25, 0.3) is 0 Å². The van der Waals surface area contributed by atoms with Gasteiger partial charge in [-0.25, -0.2) is 0 Å². The van der Waals surface area contributed by atoms with E-state index in [9.17, 15) is 4.79 Å². The Hall–Kier alpha value is -1.72. The number of carbonyl (C=O) groups is 1. The Balaban J connectivity index is 2.28. The molecule has 2 aromatic carbocycles. The Morgan fingerprint density at radius 1 is 1.14 bits per heavy atom. The van der Waals surface area contributed by atoms with Crippen LogP contribution in [0.4, 0.5) is 5.69 Å². The smallest absolute Gasteiger partial charge is 0.255 e. The maximum atomic E-state index is 12.3. The highest BCUT2D eigenvalue weighted by atomic mass is 79.9. The largest absolute Gasteiger partial charge is 0.497 e. The molecule has 110 valence electrons. The molecule has 0 radical (unpaired) electrons. The molecule has 1 amide bonds. The lowest BCUT2D eigenvalue weighted by molar-refractivity contribution is 0.102. The number of anilines is 1. The lowest BCUT2D eigenvalue weighted by Gasteiger charge is -2.12. The lowest BCUT2D eigenvalue weighted by Crippen LogP contribution is -2.12. The van der Waals surface area contributed by atoms with Crippen molar-refractivity contribution in [3.05, 3.63) is 51.5 Å². The van der Waals surface area contributed by atoms with Crippen LogP contribution >= 0.6 is 27.5 Å². The van der Waals surface area contributed by atoms with Gasteiger partial charge in [0, 0.05) is 16.1 Å². The molecule has 0 heterocycles. The van der Waals surface area contributed by atoms with E-state index in [1.807, 2.05) is 0 Å². The number of hydrogen-bond acceptors (Lipinski definition) is 3. The van der Waals surface area contributed by atoms with Gasteiger partial charge in [-0.15, -0.1) is 0 Å². The maximum Gasteiger partial charge on any atom is 0.255 e. The van der Waals surface area contributed by atoms with Crippen LogP contribution < -0.4 is 14.8 Å². The maximum absolute atomic E-state index is 12.3. The lowest BCUT2D eigenvalue weighted by atomic mass is 10.2. The Bertz CT molecular complexity index is 676. The predicted octanol–water partition coefficient (Wildman–Crippen LogP) is 4.37. The molecule has 0 unspecified atom stereocenters. The summed E-state index contributed by atoms with van der Waals surface area (Å²) >= 11 is 9.21. The van der Waals surface area contributed by atoms with Crippen molar-refractivity contribution in [1.29, 1.82) is 0 Å². The van der Waals surface area contributed by atoms with Crippen LogP contribution in [0.5, 0.6) is 11.5 Å². The van der Waals surface area contributed by atoms with Gasteiger partial charge in [0.05, 0.1) is 24.9 Å². The first-order valence-corrected chi connectivity index (χ1v) is 7.20. The minimum atomic E-state index is -0.265. The van der Waals surface area contributed by atoms with Crippen molar-refractivity contribution >= 4 is 39.1 Å². The summed E-state index contributed by atoms with van der Waals surface area (Å²) < 4.78 is 11.0. The number of ether oxygens (including phenoxy) is 2. The van der Waals surface area contributed by atoms with Crippen molar-refractivity contribution in [2.75, 3.05) is 19.5 Å². The first kappa shape index (κ1) is 15.7. The topological polar surface area (TPSA) is 47.6 Å². The molecule has 0 bridgehead atoms. The van der Waals surface area contributed by atoms with Crippen molar-refractivity contribution in [3.8, 4) is 11.5 Å².